The molecule has 2 heterocycles. The molecule has 2 aliphatic rings. The minimum Gasteiger partial charge on any atom is -0.489 e. The molecule has 2 aliphatic heterocycles. The molecule has 0 aliphatic carbocycles. The summed E-state index contributed by atoms with van der Waals surface area (Å²) in [6, 6.07) is 12.9. The number of benzene rings is 2. The smallest absolute Gasteiger partial charge is 0.255 e. The molecule has 0 saturated carbocycles. The molecule has 0 bridgehead atoms. The van der Waals surface area contributed by atoms with Gasteiger partial charge >= 0.3 is 0 Å². The number of carbonyl (C=O) groups is 3. The normalized spacial score (nSPS) is 18.0. The quantitative estimate of drug-likeness (QED) is 0.548. The number of fused-ring (bicyclic) bond motifs is 1. The number of hydrogen-bond acceptors (Lipinski definition) is 6. The second-order valence-electron chi connectivity index (χ2n) is 7.79. The van der Waals surface area contributed by atoms with Gasteiger partial charge in [-0.1, -0.05) is 30.3 Å². The average Bonchev–Trinajstić information content (AvgIpc) is 3.13. The van der Waals surface area contributed by atoms with Crippen LogP contribution in [-0.4, -0.2) is 35.7 Å². The minimum absolute atomic E-state index is 0.205. The molecule has 2 aromatic rings. The average molecular weight is 434 g/mol. The molecule has 1 fully saturated rings. The number of piperidine rings is 1. The maximum absolute atomic E-state index is 12.9. The van der Waals surface area contributed by atoms with Crippen molar-refractivity contribution >= 4 is 17.7 Å². The molecule has 8 nitrogen and oxygen atoms in total. The maximum atomic E-state index is 12.9. The summed E-state index contributed by atoms with van der Waals surface area (Å²) in [4.78, 5) is 38.1. The Hall–Kier alpha value is -3.81. The van der Waals surface area contributed by atoms with E-state index in [2.05, 4.69) is 16.0 Å². The van der Waals surface area contributed by atoms with E-state index in [-0.39, 0.29) is 18.2 Å². The SMILES string of the molecule is CN/C=C\NCc1ccc(COc2cccc3c2CN(C2CCC(=O)NC2=O)C3=O)cc1. The maximum Gasteiger partial charge on any atom is 0.255 e. The third-order valence-electron chi connectivity index (χ3n) is 5.63. The number of hydrogen-bond donors (Lipinski definition) is 3. The second-order valence-corrected chi connectivity index (χ2v) is 7.79. The Bertz CT molecular complexity index is 1050. The fourth-order valence-electron chi connectivity index (χ4n) is 3.93. The van der Waals surface area contributed by atoms with Crippen molar-refractivity contribution in [2.75, 3.05) is 7.05 Å². The Morgan fingerprint density at radius 1 is 1.09 bits per heavy atom. The number of imide groups is 1. The van der Waals surface area contributed by atoms with E-state index in [1.54, 1.807) is 12.1 Å². The summed E-state index contributed by atoms with van der Waals surface area (Å²) < 4.78 is 6.05. The lowest BCUT2D eigenvalue weighted by molar-refractivity contribution is -0.136. The third kappa shape index (κ3) is 4.59. The van der Waals surface area contributed by atoms with Crippen LogP contribution in [-0.2, 0) is 29.3 Å². The van der Waals surface area contributed by atoms with Crippen molar-refractivity contribution in [3.63, 3.8) is 0 Å². The molecule has 1 saturated heterocycles. The van der Waals surface area contributed by atoms with Gasteiger partial charge in [0.15, 0.2) is 0 Å². The van der Waals surface area contributed by atoms with Crippen molar-refractivity contribution < 1.29 is 19.1 Å². The van der Waals surface area contributed by atoms with Crippen LogP contribution in [0, 0.1) is 0 Å². The van der Waals surface area contributed by atoms with Crippen LogP contribution in [0.3, 0.4) is 0 Å². The molecule has 4 rings (SSSR count). The van der Waals surface area contributed by atoms with E-state index in [1.807, 2.05) is 49.8 Å². The van der Waals surface area contributed by atoms with Crippen LogP contribution < -0.4 is 20.7 Å². The summed E-state index contributed by atoms with van der Waals surface area (Å²) in [7, 11) is 1.84. The van der Waals surface area contributed by atoms with Crippen molar-refractivity contribution in [2.24, 2.45) is 0 Å². The summed E-state index contributed by atoms with van der Waals surface area (Å²) in [6.07, 6.45) is 4.25. The van der Waals surface area contributed by atoms with Gasteiger partial charge in [-0.2, -0.15) is 0 Å². The molecular weight excluding hydrogens is 408 g/mol. The Labute approximate surface area is 186 Å². The van der Waals surface area contributed by atoms with E-state index in [0.717, 1.165) is 23.2 Å². The predicted octanol–water partition coefficient (Wildman–Crippen LogP) is 1.81. The first-order chi connectivity index (χ1) is 15.6. The van der Waals surface area contributed by atoms with E-state index >= 15 is 0 Å². The topological polar surface area (TPSA) is 99.8 Å². The largest absolute Gasteiger partial charge is 0.489 e. The highest BCUT2D eigenvalue weighted by molar-refractivity contribution is 6.05. The number of amides is 3. The summed E-state index contributed by atoms with van der Waals surface area (Å²) in [6.45, 7) is 1.39. The fourth-order valence-corrected chi connectivity index (χ4v) is 3.93. The monoisotopic (exact) mass is 434 g/mol. The standard InChI is InChI=1S/C24H26N4O4/c1-25-11-12-26-13-16-5-7-17(8-6-16)15-32-21-4-2-3-18-19(21)14-28(24(18)31)20-9-10-22(29)27-23(20)30/h2-8,11-12,20,25-26H,9-10,13-15H2,1H3,(H,27,29,30)/b12-11-. The van der Waals surface area contributed by atoms with E-state index in [4.69, 9.17) is 4.74 Å². The first-order valence-corrected chi connectivity index (χ1v) is 10.6. The van der Waals surface area contributed by atoms with Crippen molar-refractivity contribution in [1.29, 1.82) is 0 Å². The summed E-state index contributed by atoms with van der Waals surface area (Å²) in [5.74, 6) is -0.283. The number of carbonyl (C=O) groups excluding carboxylic acids is 3. The van der Waals surface area contributed by atoms with Gasteiger partial charge in [0.2, 0.25) is 11.8 Å². The van der Waals surface area contributed by atoms with E-state index in [9.17, 15) is 14.4 Å². The van der Waals surface area contributed by atoms with Crippen molar-refractivity contribution in [1.82, 2.24) is 20.9 Å². The van der Waals surface area contributed by atoms with Crippen LogP contribution in [0.25, 0.3) is 0 Å². The lowest BCUT2D eigenvalue weighted by atomic mass is 10.0. The second kappa shape index (κ2) is 9.55. The van der Waals surface area contributed by atoms with E-state index < -0.39 is 11.9 Å². The Kier molecular flexibility index (Phi) is 6.39. The first kappa shape index (κ1) is 21.4. The van der Waals surface area contributed by atoms with Crippen molar-refractivity contribution in [2.45, 2.75) is 38.6 Å². The van der Waals surface area contributed by atoms with Gasteiger partial charge in [0.05, 0.1) is 6.54 Å². The summed E-state index contributed by atoms with van der Waals surface area (Å²) in [5, 5.41) is 8.44. The van der Waals surface area contributed by atoms with Crippen LogP contribution >= 0.6 is 0 Å². The molecular formula is C24H26N4O4. The number of rotatable bonds is 8. The molecule has 3 amide bonds. The summed E-state index contributed by atoms with van der Waals surface area (Å²) in [5.41, 5.74) is 3.49. The Balaban J connectivity index is 1.40. The van der Waals surface area contributed by atoms with Crippen LogP contribution in [0.15, 0.2) is 54.9 Å². The minimum atomic E-state index is -0.635. The Morgan fingerprint density at radius 3 is 2.62 bits per heavy atom. The molecule has 3 N–H and O–H groups in total. The van der Waals surface area contributed by atoms with Crippen LogP contribution in [0.5, 0.6) is 5.75 Å². The van der Waals surface area contributed by atoms with Crippen molar-refractivity contribution in [3.05, 3.63) is 77.1 Å². The van der Waals surface area contributed by atoms with E-state index in [0.29, 0.717) is 30.9 Å². The molecule has 0 radical (unpaired) electrons. The van der Waals surface area contributed by atoms with Gasteiger partial charge < -0.3 is 20.3 Å². The van der Waals surface area contributed by atoms with Gasteiger partial charge in [-0.15, -0.1) is 0 Å². The lowest BCUT2D eigenvalue weighted by Crippen LogP contribution is -2.52. The molecule has 2 aromatic carbocycles. The zero-order chi connectivity index (χ0) is 22.5. The number of nitrogens with one attached hydrogen (secondary N) is 3. The van der Waals surface area contributed by atoms with E-state index in [1.165, 1.54) is 4.90 Å². The van der Waals surface area contributed by atoms with Gasteiger partial charge in [-0.05, 0) is 29.7 Å². The first-order valence-electron chi connectivity index (χ1n) is 10.6. The zero-order valence-corrected chi connectivity index (χ0v) is 17.9. The van der Waals surface area contributed by atoms with Gasteiger partial charge in [-0.25, -0.2) is 0 Å². The molecule has 0 aromatic heterocycles. The fraction of sp³-hybridized carbons (Fsp3) is 0.292. The lowest BCUT2D eigenvalue weighted by Gasteiger charge is -2.29. The van der Waals surface area contributed by atoms with Crippen LogP contribution in [0.2, 0.25) is 0 Å². The highest BCUT2D eigenvalue weighted by atomic mass is 16.5. The molecule has 8 heteroatoms. The van der Waals surface area contributed by atoms with Gasteiger partial charge in [0.25, 0.3) is 5.91 Å². The number of nitrogens with zero attached hydrogens (tertiary/aromatic N) is 1. The molecule has 0 spiro atoms. The molecule has 1 unspecified atom stereocenters. The molecule has 1 atom stereocenters. The van der Waals surface area contributed by atoms with Gasteiger partial charge in [0, 0.05) is 43.5 Å². The van der Waals surface area contributed by atoms with Crippen molar-refractivity contribution in [3.8, 4) is 5.75 Å². The molecule has 32 heavy (non-hydrogen) atoms. The Morgan fingerprint density at radius 2 is 1.88 bits per heavy atom. The van der Waals surface area contributed by atoms with Crippen LogP contribution in [0.4, 0.5) is 0 Å². The zero-order valence-electron chi connectivity index (χ0n) is 17.9. The summed E-state index contributed by atoms with van der Waals surface area (Å²) >= 11 is 0. The molecule has 166 valence electrons. The van der Waals surface area contributed by atoms with Gasteiger partial charge in [-0.3, -0.25) is 19.7 Å². The predicted molar refractivity (Wildman–Crippen MR) is 118 cm³/mol. The third-order valence-corrected chi connectivity index (χ3v) is 5.63. The highest BCUT2D eigenvalue weighted by Crippen LogP contribution is 2.33. The van der Waals surface area contributed by atoms with Crippen LogP contribution in [0.1, 0.15) is 39.9 Å². The number of ether oxygens (including phenoxy) is 1. The van der Waals surface area contributed by atoms with Gasteiger partial charge in [0.1, 0.15) is 18.4 Å². The highest BCUT2D eigenvalue weighted by Gasteiger charge is 2.40.